The molecule has 18 heavy (non-hydrogen) atoms. The van der Waals surface area contributed by atoms with Crippen LogP contribution < -0.4 is 5.32 Å². The first-order chi connectivity index (χ1) is 8.60. The molecule has 1 atom stereocenters. The van der Waals surface area contributed by atoms with E-state index in [-0.39, 0.29) is 0 Å². The number of anilines is 1. The van der Waals surface area contributed by atoms with E-state index in [2.05, 4.69) is 30.2 Å². The number of hydrogen-bond donors (Lipinski definition) is 1. The van der Waals surface area contributed by atoms with Crippen molar-refractivity contribution in [2.24, 2.45) is 10.9 Å². The predicted molar refractivity (Wildman–Crippen MR) is 78.3 cm³/mol. The molecular formula is C13H14ClN3S. The van der Waals surface area contributed by atoms with Crippen LogP contribution in [-0.2, 0) is 0 Å². The highest BCUT2D eigenvalue weighted by Gasteiger charge is 2.21. The molecule has 1 aliphatic heterocycles. The number of nitrogens with one attached hydrogen (secondary N) is 1. The van der Waals surface area contributed by atoms with Crippen LogP contribution in [0.4, 0.5) is 5.69 Å². The Morgan fingerprint density at radius 2 is 2.33 bits per heavy atom. The minimum atomic E-state index is 0.357. The number of amidine groups is 1. The first kappa shape index (κ1) is 13.3. The van der Waals surface area contributed by atoms with Gasteiger partial charge in [0.25, 0.3) is 0 Å². The molecular weight excluding hydrogens is 266 g/mol. The van der Waals surface area contributed by atoms with Crippen LogP contribution in [0.3, 0.4) is 0 Å². The van der Waals surface area contributed by atoms with Crippen molar-refractivity contribution in [3.8, 4) is 6.07 Å². The summed E-state index contributed by atoms with van der Waals surface area (Å²) in [4.78, 5) is 4.61. The van der Waals surface area contributed by atoms with Crippen LogP contribution in [-0.4, -0.2) is 17.0 Å². The highest BCUT2D eigenvalue weighted by Crippen LogP contribution is 2.28. The molecule has 0 saturated heterocycles. The van der Waals surface area contributed by atoms with Gasteiger partial charge < -0.3 is 5.32 Å². The topological polar surface area (TPSA) is 48.2 Å². The zero-order chi connectivity index (χ0) is 13.1. The largest absolute Gasteiger partial charge is 0.334 e. The van der Waals surface area contributed by atoms with Gasteiger partial charge in [-0.15, -0.1) is 0 Å². The monoisotopic (exact) mass is 279 g/mol. The molecule has 1 aliphatic rings. The number of benzene rings is 1. The average Bonchev–Trinajstić information content (AvgIpc) is 2.81. The van der Waals surface area contributed by atoms with Gasteiger partial charge >= 0.3 is 0 Å². The third kappa shape index (κ3) is 2.98. The minimum Gasteiger partial charge on any atom is -0.334 e. The minimum absolute atomic E-state index is 0.357. The van der Waals surface area contributed by atoms with Crippen molar-refractivity contribution >= 4 is 34.2 Å². The Morgan fingerprint density at radius 3 is 2.94 bits per heavy atom. The van der Waals surface area contributed by atoms with Gasteiger partial charge in [-0.05, 0) is 24.1 Å². The molecule has 1 N–H and O–H groups in total. The van der Waals surface area contributed by atoms with Crippen molar-refractivity contribution in [1.82, 2.24) is 0 Å². The zero-order valence-electron chi connectivity index (χ0n) is 10.3. The third-order valence-corrected chi connectivity index (χ3v) is 4.10. The van der Waals surface area contributed by atoms with Crippen LogP contribution in [0.1, 0.15) is 19.4 Å². The lowest BCUT2D eigenvalue weighted by Crippen LogP contribution is -2.12. The molecule has 0 saturated carbocycles. The number of thioether (sulfide) groups is 1. The predicted octanol–water partition coefficient (Wildman–Crippen LogP) is 3.75. The van der Waals surface area contributed by atoms with E-state index in [0.717, 1.165) is 16.6 Å². The molecule has 94 valence electrons. The van der Waals surface area contributed by atoms with Crippen LogP contribution in [0.2, 0.25) is 5.02 Å². The van der Waals surface area contributed by atoms with Crippen LogP contribution >= 0.6 is 23.4 Å². The van der Waals surface area contributed by atoms with Gasteiger partial charge in [-0.1, -0.05) is 37.2 Å². The molecule has 2 rings (SSSR count). The van der Waals surface area contributed by atoms with E-state index in [4.69, 9.17) is 16.9 Å². The smallest absolute Gasteiger partial charge is 0.161 e. The maximum absolute atomic E-state index is 8.87. The van der Waals surface area contributed by atoms with Gasteiger partial charge in [0.2, 0.25) is 0 Å². The van der Waals surface area contributed by atoms with Crippen LogP contribution in [0.15, 0.2) is 23.2 Å². The summed E-state index contributed by atoms with van der Waals surface area (Å²) in [6, 6.07) is 7.63. The van der Waals surface area contributed by atoms with Crippen molar-refractivity contribution in [3.05, 3.63) is 28.8 Å². The number of nitriles is 1. The molecule has 0 spiro atoms. The number of aliphatic imine (C=N–C) groups is 1. The maximum Gasteiger partial charge on any atom is 0.161 e. The normalized spacial score (nSPS) is 18.6. The van der Waals surface area contributed by atoms with Gasteiger partial charge in [0.15, 0.2) is 5.17 Å². The van der Waals surface area contributed by atoms with E-state index in [1.54, 1.807) is 30.0 Å². The fourth-order valence-electron chi connectivity index (χ4n) is 1.61. The molecule has 0 amide bonds. The molecule has 0 radical (unpaired) electrons. The van der Waals surface area contributed by atoms with E-state index >= 15 is 0 Å². The lowest BCUT2D eigenvalue weighted by atomic mass is 10.1. The number of rotatable bonds is 2. The Labute approximate surface area is 116 Å². The third-order valence-electron chi connectivity index (χ3n) is 2.78. The molecule has 0 fully saturated rings. The summed E-state index contributed by atoms with van der Waals surface area (Å²) in [5.74, 6) is 1.54. The summed E-state index contributed by atoms with van der Waals surface area (Å²) in [5.41, 5.74) is 1.33. The fourth-order valence-corrected chi connectivity index (χ4v) is 2.95. The number of hydrogen-bond acceptors (Lipinski definition) is 4. The Hall–Kier alpha value is -1.18. The quantitative estimate of drug-likeness (QED) is 0.897. The summed E-state index contributed by atoms with van der Waals surface area (Å²) < 4.78 is 0. The first-order valence-corrected chi connectivity index (χ1v) is 7.14. The van der Waals surface area contributed by atoms with Gasteiger partial charge in [0, 0.05) is 5.75 Å². The molecule has 0 aliphatic carbocycles. The maximum atomic E-state index is 8.87. The van der Waals surface area contributed by atoms with Gasteiger partial charge in [-0.25, -0.2) is 0 Å². The second-order valence-electron chi connectivity index (χ2n) is 4.49. The summed E-state index contributed by atoms with van der Waals surface area (Å²) in [5, 5.41) is 13.6. The second kappa shape index (κ2) is 5.64. The highest BCUT2D eigenvalue weighted by molar-refractivity contribution is 8.14. The average molecular weight is 280 g/mol. The molecule has 1 aromatic rings. The Bertz CT molecular complexity index is 519. The van der Waals surface area contributed by atoms with Crippen molar-refractivity contribution in [3.63, 3.8) is 0 Å². The molecule has 0 bridgehead atoms. The van der Waals surface area contributed by atoms with Gasteiger partial charge in [0.05, 0.1) is 28.4 Å². The van der Waals surface area contributed by atoms with Crippen molar-refractivity contribution < 1.29 is 0 Å². The van der Waals surface area contributed by atoms with E-state index in [1.165, 1.54) is 0 Å². The standard InChI is InChI=1S/C13H14ClN3S/c1-8(2)12-7-18-13(17-12)16-11-5-9(6-15)3-4-10(11)14/h3-5,8,12H,7H2,1-2H3,(H,16,17)/t12-/m1/s1. The van der Waals surface area contributed by atoms with Crippen molar-refractivity contribution in [2.75, 3.05) is 11.1 Å². The van der Waals surface area contributed by atoms with Crippen LogP contribution in [0.25, 0.3) is 0 Å². The Morgan fingerprint density at radius 1 is 1.56 bits per heavy atom. The highest BCUT2D eigenvalue weighted by atomic mass is 35.5. The van der Waals surface area contributed by atoms with E-state index in [9.17, 15) is 0 Å². The van der Waals surface area contributed by atoms with Gasteiger partial charge in [-0.2, -0.15) is 5.26 Å². The first-order valence-electron chi connectivity index (χ1n) is 5.77. The molecule has 1 heterocycles. The Balaban J connectivity index is 2.16. The van der Waals surface area contributed by atoms with E-state index in [0.29, 0.717) is 22.5 Å². The van der Waals surface area contributed by atoms with Gasteiger partial charge in [0.1, 0.15) is 0 Å². The molecule has 3 nitrogen and oxygen atoms in total. The van der Waals surface area contributed by atoms with Gasteiger partial charge in [-0.3, -0.25) is 4.99 Å². The molecule has 5 heteroatoms. The lowest BCUT2D eigenvalue weighted by molar-refractivity contribution is 0.543. The summed E-state index contributed by atoms with van der Waals surface area (Å²) in [6.45, 7) is 4.34. The number of halogens is 1. The molecule has 0 aromatic heterocycles. The SMILES string of the molecule is CC(C)[C@H]1CSC(Nc2cc(C#N)ccc2Cl)=N1. The summed E-state index contributed by atoms with van der Waals surface area (Å²) in [6.07, 6.45) is 0. The summed E-state index contributed by atoms with van der Waals surface area (Å²) in [7, 11) is 0. The summed E-state index contributed by atoms with van der Waals surface area (Å²) >= 11 is 7.79. The lowest BCUT2D eigenvalue weighted by Gasteiger charge is -2.08. The van der Waals surface area contributed by atoms with Crippen LogP contribution in [0, 0.1) is 17.2 Å². The fraction of sp³-hybridized carbons (Fsp3) is 0.385. The van der Waals surface area contributed by atoms with Crippen molar-refractivity contribution in [1.29, 1.82) is 5.26 Å². The Kier molecular flexibility index (Phi) is 4.15. The van der Waals surface area contributed by atoms with E-state index in [1.807, 2.05) is 0 Å². The van der Waals surface area contributed by atoms with Crippen LogP contribution in [0.5, 0.6) is 0 Å². The van der Waals surface area contributed by atoms with Crippen molar-refractivity contribution in [2.45, 2.75) is 19.9 Å². The zero-order valence-corrected chi connectivity index (χ0v) is 11.8. The van der Waals surface area contributed by atoms with E-state index < -0.39 is 0 Å². The molecule has 0 unspecified atom stereocenters. The molecule has 1 aromatic carbocycles. The number of nitrogens with zero attached hydrogens (tertiary/aromatic N) is 2. The second-order valence-corrected chi connectivity index (χ2v) is 5.90.